The monoisotopic (exact) mass is 166 g/mol. The van der Waals surface area contributed by atoms with E-state index in [4.69, 9.17) is 0 Å². The zero-order valence-corrected chi connectivity index (χ0v) is 6.95. The maximum Gasteiger partial charge on any atom is 0.0475 e. The van der Waals surface area contributed by atoms with Gasteiger partial charge in [0.25, 0.3) is 0 Å². The summed E-state index contributed by atoms with van der Waals surface area (Å²) in [5.74, 6) is 0. The minimum atomic E-state index is 1.08. The van der Waals surface area contributed by atoms with Crippen molar-refractivity contribution in [2.45, 2.75) is 4.90 Å². The molecular weight excluding hydrogens is 160 g/mol. The number of thiophene rings is 1. The highest BCUT2D eigenvalue weighted by atomic mass is 32.1. The van der Waals surface area contributed by atoms with Crippen LogP contribution in [0.3, 0.4) is 0 Å². The highest BCUT2D eigenvalue weighted by molar-refractivity contribution is 7.80. The Kier molecular flexibility index (Phi) is 1.43. The zero-order chi connectivity index (χ0) is 6.97. The van der Waals surface area contributed by atoms with Crippen LogP contribution >= 0.6 is 24.0 Å². The molecule has 1 aromatic carbocycles. The number of benzene rings is 1. The van der Waals surface area contributed by atoms with E-state index in [1.54, 1.807) is 11.3 Å². The number of hydrogen-bond donors (Lipinski definition) is 1. The molecule has 0 N–H and O–H groups in total. The van der Waals surface area contributed by atoms with Crippen molar-refractivity contribution in [3.63, 3.8) is 0 Å². The van der Waals surface area contributed by atoms with Gasteiger partial charge in [-0.15, -0.1) is 24.0 Å². The number of hydrogen-bond acceptors (Lipinski definition) is 2. The number of rotatable bonds is 0. The number of thiol groups is 1. The summed E-state index contributed by atoms with van der Waals surface area (Å²) in [6, 6.07) is 8.25. The first-order valence-electron chi connectivity index (χ1n) is 3.03. The van der Waals surface area contributed by atoms with Crippen LogP contribution in [0.4, 0.5) is 0 Å². The zero-order valence-electron chi connectivity index (χ0n) is 5.24. The highest BCUT2D eigenvalue weighted by Gasteiger charge is 1.95. The van der Waals surface area contributed by atoms with Crippen molar-refractivity contribution >= 4 is 34.1 Å². The van der Waals surface area contributed by atoms with Crippen LogP contribution in [-0.2, 0) is 0 Å². The van der Waals surface area contributed by atoms with Crippen LogP contribution in [0.5, 0.6) is 0 Å². The minimum Gasteiger partial charge on any atom is -0.143 e. The Labute approximate surface area is 68.9 Å². The predicted molar refractivity (Wildman–Crippen MR) is 49.1 cm³/mol. The molecule has 0 fully saturated rings. The van der Waals surface area contributed by atoms with Crippen molar-refractivity contribution in [2.24, 2.45) is 0 Å². The first kappa shape index (κ1) is 6.25. The Morgan fingerprint density at radius 1 is 1.20 bits per heavy atom. The Bertz CT molecular complexity index is 349. The molecule has 0 unspecified atom stereocenters. The van der Waals surface area contributed by atoms with Crippen LogP contribution in [0.2, 0.25) is 0 Å². The first-order chi connectivity index (χ1) is 4.88. The molecule has 2 rings (SSSR count). The topological polar surface area (TPSA) is 0 Å². The lowest BCUT2D eigenvalue weighted by molar-refractivity contribution is 1.61. The van der Waals surface area contributed by atoms with Gasteiger partial charge >= 0.3 is 0 Å². The fraction of sp³-hybridized carbons (Fsp3) is 0. The average molecular weight is 166 g/mol. The second-order valence-electron chi connectivity index (χ2n) is 2.12. The molecule has 0 bridgehead atoms. The lowest BCUT2D eigenvalue weighted by Crippen LogP contribution is -1.63. The van der Waals surface area contributed by atoms with Gasteiger partial charge < -0.3 is 0 Å². The summed E-state index contributed by atoms with van der Waals surface area (Å²) >= 11 is 6.06. The molecule has 50 valence electrons. The SMILES string of the molecule is Sc1cccc2ccsc12. The second-order valence-corrected chi connectivity index (χ2v) is 3.51. The van der Waals surface area contributed by atoms with Gasteiger partial charge in [0.2, 0.25) is 0 Å². The molecule has 1 aromatic heterocycles. The Hall–Kier alpha value is -0.470. The molecule has 0 atom stereocenters. The molecule has 0 nitrogen and oxygen atoms in total. The molecule has 10 heavy (non-hydrogen) atoms. The smallest absolute Gasteiger partial charge is 0.0475 e. The highest BCUT2D eigenvalue weighted by Crippen LogP contribution is 2.26. The molecular formula is C8H6S2. The van der Waals surface area contributed by atoms with E-state index in [0.717, 1.165) is 4.90 Å². The van der Waals surface area contributed by atoms with E-state index in [2.05, 4.69) is 30.1 Å². The van der Waals surface area contributed by atoms with Crippen molar-refractivity contribution < 1.29 is 0 Å². The van der Waals surface area contributed by atoms with E-state index in [1.807, 2.05) is 12.1 Å². The fourth-order valence-corrected chi connectivity index (χ4v) is 2.16. The Morgan fingerprint density at radius 2 is 2.10 bits per heavy atom. The van der Waals surface area contributed by atoms with Gasteiger partial charge in [0, 0.05) is 9.60 Å². The van der Waals surface area contributed by atoms with Crippen molar-refractivity contribution in [3.05, 3.63) is 29.6 Å². The van der Waals surface area contributed by atoms with Crippen molar-refractivity contribution in [1.82, 2.24) is 0 Å². The van der Waals surface area contributed by atoms with E-state index in [-0.39, 0.29) is 0 Å². The molecule has 0 spiro atoms. The molecule has 1 heterocycles. The molecule has 2 heteroatoms. The van der Waals surface area contributed by atoms with Crippen LogP contribution in [-0.4, -0.2) is 0 Å². The molecule has 0 saturated heterocycles. The van der Waals surface area contributed by atoms with E-state index >= 15 is 0 Å². The third kappa shape index (κ3) is 0.842. The molecule has 0 aliphatic carbocycles. The van der Waals surface area contributed by atoms with Gasteiger partial charge in [-0.2, -0.15) is 0 Å². The maximum absolute atomic E-state index is 4.33. The maximum atomic E-state index is 4.33. The van der Waals surface area contributed by atoms with E-state index in [0.29, 0.717) is 0 Å². The molecule has 0 aliphatic heterocycles. The first-order valence-corrected chi connectivity index (χ1v) is 4.36. The standard InChI is InChI=1S/C8H6S2/c9-7-3-1-2-6-4-5-10-8(6)7/h1-5,9H. The summed E-state index contributed by atoms with van der Waals surface area (Å²) in [7, 11) is 0. The Balaban J connectivity index is 2.95. The van der Waals surface area contributed by atoms with E-state index in [9.17, 15) is 0 Å². The summed E-state index contributed by atoms with van der Waals surface area (Å²) in [4.78, 5) is 1.08. The van der Waals surface area contributed by atoms with Gasteiger partial charge in [0.1, 0.15) is 0 Å². The normalized spacial score (nSPS) is 10.5. The summed E-state index contributed by atoms with van der Waals surface area (Å²) in [5, 5.41) is 3.38. The van der Waals surface area contributed by atoms with Crippen LogP contribution in [0, 0.1) is 0 Å². The lowest BCUT2D eigenvalue weighted by Gasteiger charge is -1.90. The van der Waals surface area contributed by atoms with Crippen LogP contribution in [0.25, 0.3) is 10.1 Å². The third-order valence-corrected chi connectivity index (χ3v) is 2.95. The summed E-state index contributed by atoms with van der Waals surface area (Å²) < 4.78 is 1.28. The van der Waals surface area contributed by atoms with E-state index in [1.165, 1.54) is 10.1 Å². The van der Waals surface area contributed by atoms with Gasteiger partial charge in [0.05, 0.1) is 0 Å². The van der Waals surface area contributed by atoms with Gasteiger partial charge in [-0.25, -0.2) is 0 Å². The summed E-state index contributed by atoms with van der Waals surface area (Å²) in [6.45, 7) is 0. The van der Waals surface area contributed by atoms with Crippen LogP contribution in [0.15, 0.2) is 34.5 Å². The van der Waals surface area contributed by atoms with Crippen LogP contribution in [0.1, 0.15) is 0 Å². The summed E-state index contributed by atoms with van der Waals surface area (Å²) in [6.07, 6.45) is 0. The van der Waals surface area contributed by atoms with Crippen molar-refractivity contribution in [1.29, 1.82) is 0 Å². The van der Waals surface area contributed by atoms with Crippen LogP contribution < -0.4 is 0 Å². The predicted octanol–water partition coefficient (Wildman–Crippen LogP) is 3.19. The summed E-state index contributed by atoms with van der Waals surface area (Å²) in [5.41, 5.74) is 0. The van der Waals surface area contributed by atoms with Gasteiger partial charge in [0.15, 0.2) is 0 Å². The Morgan fingerprint density at radius 3 is 2.90 bits per heavy atom. The average Bonchev–Trinajstić information content (AvgIpc) is 2.36. The van der Waals surface area contributed by atoms with Crippen molar-refractivity contribution in [2.75, 3.05) is 0 Å². The van der Waals surface area contributed by atoms with Gasteiger partial charge in [-0.1, -0.05) is 12.1 Å². The molecule has 0 radical (unpaired) electrons. The van der Waals surface area contributed by atoms with E-state index < -0.39 is 0 Å². The van der Waals surface area contributed by atoms with Crippen molar-refractivity contribution in [3.8, 4) is 0 Å². The second kappa shape index (κ2) is 2.29. The molecule has 0 amide bonds. The quantitative estimate of drug-likeness (QED) is 0.571. The number of fused-ring (bicyclic) bond motifs is 1. The van der Waals surface area contributed by atoms with Gasteiger partial charge in [-0.05, 0) is 22.9 Å². The lowest BCUT2D eigenvalue weighted by atomic mass is 10.3. The molecule has 2 aromatic rings. The fourth-order valence-electron chi connectivity index (χ4n) is 0.977. The third-order valence-electron chi connectivity index (χ3n) is 1.46. The molecule has 0 aliphatic rings. The minimum absolute atomic E-state index is 1.08. The van der Waals surface area contributed by atoms with Gasteiger partial charge in [-0.3, -0.25) is 0 Å². The largest absolute Gasteiger partial charge is 0.143 e. The molecule has 0 saturated carbocycles.